The Hall–Kier alpha value is -1.56. The van der Waals surface area contributed by atoms with Crippen molar-refractivity contribution in [3.63, 3.8) is 0 Å². The second-order valence-electron chi connectivity index (χ2n) is 7.54. The number of likely N-dealkylation sites (N-methyl/N-ethyl adjacent to an activating group) is 1. The molecule has 0 saturated carbocycles. The summed E-state index contributed by atoms with van der Waals surface area (Å²) in [4.78, 5) is 16.1. The van der Waals surface area contributed by atoms with Crippen LogP contribution in [0.25, 0.3) is 0 Å². The number of carbonyl (C=O) groups is 1. The summed E-state index contributed by atoms with van der Waals surface area (Å²) in [5, 5.41) is 0. The SMILES string of the molecule is CC(C)N(C)C(=O)CN1CCCC(CCc2ccccc2C(F)(F)F)C1. The van der Waals surface area contributed by atoms with Gasteiger partial charge in [-0.3, -0.25) is 9.69 Å². The zero-order valence-corrected chi connectivity index (χ0v) is 15.9. The Morgan fingerprint density at radius 2 is 2.00 bits per heavy atom. The molecule has 0 bridgehead atoms. The second kappa shape index (κ2) is 8.89. The average Bonchev–Trinajstić information content (AvgIpc) is 2.59. The van der Waals surface area contributed by atoms with E-state index in [0.29, 0.717) is 24.4 Å². The third-order valence-corrected chi connectivity index (χ3v) is 5.27. The molecule has 2 rings (SSSR count). The van der Waals surface area contributed by atoms with Gasteiger partial charge >= 0.3 is 6.18 Å². The minimum atomic E-state index is -4.30. The summed E-state index contributed by atoms with van der Waals surface area (Å²) >= 11 is 0. The molecule has 1 saturated heterocycles. The van der Waals surface area contributed by atoms with Gasteiger partial charge in [-0.1, -0.05) is 18.2 Å². The van der Waals surface area contributed by atoms with Crippen LogP contribution in [0, 0.1) is 5.92 Å². The molecule has 0 N–H and O–H groups in total. The summed E-state index contributed by atoms with van der Waals surface area (Å²) in [6, 6.07) is 6.00. The first-order valence-corrected chi connectivity index (χ1v) is 9.31. The quantitative estimate of drug-likeness (QED) is 0.749. The number of alkyl halides is 3. The molecular formula is C20H29F3N2O. The minimum Gasteiger partial charge on any atom is -0.342 e. The maximum Gasteiger partial charge on any atom is 0.416 e. The molecule has 0 spiro atoms. The first-order valence-electron chi connectivity index (χ1n) is 9.31. The second-order valence-corrected chi connectivity index (χ2v) is 7.54. The number of carbonyl (C=O) groups excluding carboxylic acids is 1. The molecule has 1 aromatic rings. The van der Waals surface area contributed by atoms with E-state index < -0.39 is 11.7 Å². The lowest BCUT2D eigenvalue weighted by molar-refractivity contribution is -0.138. The van der Waals surface area contributed by atoms with Crippen molar-refractivity contribution < 1.29 is 18.0 Å². The predicted octanol–water partition coefficient (Wildman–Crippen LogP) is 4.22. The Kier molecular flexibility index (Phi) is 7.09. The number of hydrogen-bond donors (Lipinski definition) is 0. The van der Waals surface area contributed by atoms with Crippen molar-refractivity contribution >= 4 is 5.91 Å². The van der Waals surface area contributed by atoms with Crippen molar-refractivity contribution in [3.05, 3.63) is 35.4 Å². The van der Waals surface area contributed by atoms with Gasteiger partial charge in [-0.2, -0.15) is 13.2 Å². The van der Waals surface area contributed by atoms with Gasteiger partial charge in [0.05, 0.1) is 12.1 Å². The van der Waals surface area contributed by atoms with E-state index in [0.717, 1.165) is 38.4 Å². The number of hydrogen-bond acceptors (Lipinski definition) is 2. The summed E-state index contributed by atoms with van der Waals surface area (Å²) in [7, 11) is 1.81. The van der Waals surface area contributed by atoms with Crippen molar-refractivity contribution in [2.75, 3.05) is 26.7 Å². The summed E-state index contributed by atoms with van der Waals surface area (Å²) in [5.74, 6) is 0.435. The van der Waals surface area contributed by atoms with Gasteiger partial charge in [-0.15, -0.1) is 0 Å². The Bertz CT molecular complexity index is 601. The first kappa shape index (κ1) is 20.7. The van der Waals surface area contributed by atoms with Gasteiger partial charge in [0, 0.05) is 19.6 Å². The predicted molar refractivity (Wildman–Crippen MR) is 96.8 cm³/mol. The monoisotopic (exact) mass is 370 g/mol. The van der Waals surface area contributed by atoms with E-state index in [9.17, 15) is 18.0 Å². The van der Waals surface area contributed by atoms with Gasteiger partial charge in [0.25, 0.3) is 0 Å². The van der Waals surface area contributed by atoms with Crippen LogP contribution in [0.5, 0.6) is 0 Å². The third-order valence-electron chi connectivity index (χ3n) is 5.27. The molecular weight excluding hydrogens is 341 g/mol. The molecule has 0 radical (unpaired) electrons. The van der Waals surface area contributed by atoms with Crippen LogP contribution in [-0.2, 0) is 17.4 Å². The Morgan fingerprint density at radius 1 is 1.31 bits per heavy atom. The van der Waals surface area contributed by atoms with Crippen LogP contribution in [0.15, 0.2) is 24.3 Å². The maximum absolute atomic E-state index is 13.1. The zero-order valence-electron chi connectivity index (χ0n) is 15.9. The molecule has 3 nitrogen and oxygen atoms in total. The topological polar surface area (TPSA) is 23.6 Å². The lowest BCUT2D eigenvalue weighted by Gasteiger charge is -2.34. The smallest absolute Gasteiger partial charge is 0.342 e. The fraction of sp³-hybridized carbons (Fsp3) is 0.650. The first-order chi connectivity index (χ1) is 12.2. The van der Waals surface area contributed by atoms with Crippen LogP contribution in [0.4, 0.5) is 13.2 Å². The summed E-state index contributed by atoms with van der Waals surface area (Å²) in [6.45, 7) is 6.02. The third kappa shape index (κ3) is 5.73. The fourth-order valence-corrected chi connectivity index (χ4v) is 3.50. The van der Waals surface area contributed by atoms with Crippen molar-refractivity contribution in [3.8, 4) is 0 Å². The Labute approximate surface area is 154 Å². The molecule has 1 heterocycles. The van der Waals surface area contributed by atoms with Crippen molar-refractivity contribution in [2.45, 2.75) is 51.7 Å². The zero-order chi connectivity index (χ0) is 19.3. The highest BCUT2D eigenvalue weighted by atomic mass is 19.4. The van der Waals surface area contributed by atoms with Gasteiger partial charge in [-0.25, -0.2) is 0 Å². The van der Waals surface area contributed by atoms with Gasteiger partial charge < -0.3 is 4.90 Å². The summed E-state index contributed by atoms with van der Waals surface area (Å²) < 4.78 is 39.3. The van der Waals surface area contributed by atoms with Crippen LogP contribution < -0.4 is 0 Å². The van der Waals surface area contributed by atoms with E-state index in [1.54, 1.807) is 17.0 Å². The van der Waals surface area contributed by atoms with E-state index in [4.69, 9.17) is 0 Å². The van der Waals surface area contributed by atoms with Crippen LogP contribution in [0.3, 0.4) is 0 Å². The van der Waals surface area contributed by atoms with Crippen LogP contribution in [-0.4, -0.2) is 48.4 Å². The van der Waals surface area contributed by atoms with Crippen molar-refractivity contribution in [2.24, 2.45) is 5.92 Å². The maximum atomic E-state index is 13.1. The van der Waals surface area contributed by atoms with Crippen molar-refractivity contribution in [1.29, 1.82) is 0 Å². The fourth-order valence-electron chi connectivity index (χ4n) is 3.50. The van der Waals surface area contributed by atoms with E-state index in [2.05, 4.69) is 4.90 Å². The Balaban J connectivity index is 1.90. The standard InChI is InChI=1S/C20H29F3N2O/c1-15(2)24(3)19(26)14-25-12-6-7-16(13-25)10-11-17-8-4-5-9-18(17)20(21,22)23/h4-5,8-9,15-16H,6-7,10-14H2,1-3H3. The number of amides is 1. The van der Waals surface area contributed by atoms with E-state index in [-0.39, 0.29) is 11.9 Å². The highest BCUT2D eigenvalue weighted by Gasteiger charge is 2.33. The highest BCUT2D eigenvalue weighted by molar-refractivity contribution is 5.78. The number of likely N-dealkylation sites (tertiary alicyclic amines) is 1. The molecule has 0 aromatic heterocycles. The number of benzene rings is 1. The largest absolute Gasteiger partial charge is 0.416 e. The van der Waals surface area contributed by atoms with Crippen molar-refractivity contribution in [1.82, 2.24) is 9.80 Å². The molecule has 1 unspecified atom stereocenters. The molecule has 1 aliphatic rings. The number of nitrogens with zero attached hydrogens (tertiary/aromatic N) is 2. The summed E-state index contributed by atoms with van der Waals surface area (Å²) in [5.41, 5.74) is -0.158. The van der Waals surface area contributed by atoms with Crippen LogP contribution in [0.2, 0.25) is 0 Å². The molecule has 1 aliphatic heterocycles. The lowest BCUT2D eigenvalue weighted by atomic mass is 9.90. The molecule has 0 aliphatic carbocycles. The number of piperidine rings is 1. The van der Waals surface area contributed by atoms with Crippen LogP contribution >= 0.6 is 0 Å². The van der Waals surface area contributed by atoms with Gasteiger partial charge in [0.15, 0.2) is 0 Å². The molecule has 1 amide bonds. The van der Waals surface area contributed by atoms with E-state index in [1.165, 1.54) is 6.07 Å². The average molecular weight is 370 g/mol. The highest BCUT2D eigenvalue weighted by Crippen LogP contribution is 2.33. The molecule has 1 atom stereocenters. The molecule has 1 aromatic carbocycles. The van der Waals surface area contributed by atoms with E-state index in [1.807, 2.05) is 20.9 Å². The van der Waals surface area contributed by atoms with Crippen LogP contribution in [0.1, 0.15) is 44.2 Å². The van der Waals surface area contributed by atoms with E-state index >= 15 is 0 Å². The summed E-state index contributed by atoms with van der Waals surface area (Å²) in [6.07, 6.45) is -1.15. The number of halogens is 3. The van der Waals surface area contributed by atoms with Gasteiger partial charge in [0.1, 0.15) is 0 Å². The Morgan fingerprint density at radius 3 is 2.65 bits per heavy atom. The number of aryl methyl sites for hydroxylation is 1. The van der Waals surface area contributed by atoms with Gasteiger partial charge in [0.2, 0.25) is 5.91 Å². The molecule has 26 heavy (non-hydrogen) atoms. The number of rotatable bonds is 6. The minimum absolute atomic E-state index is 0.100. The molecule has 146 valence electrons. The molecule has 1 fully saturated rings. The lowest BCUT2D eigenvalue weighted by Crippen LogP contribution is -2.45. The molecule has 6 heteroatoms. The van der Waals surface area contributed by atoms with Gasteiger partial charge in [-0.05, 0) is 63.6 Å². The normalized spacial score (nSPS) is 19.0.